The number of benzene rings is 2. The predicted molar refractivity (Wildman–Crippen MR) is 89.7 cm³/mol. The van der Waals surface area contributed by atoms with Crippen LogP contribution in [-0.4, -0.2) is 14.3 Å². The molecule has 0 aliphatic carbocycles. The largest absolute Gasteiger partial charge is 0.321 e. The van der Waals surface area contributed by atoms with Crippen LogP contribution < -0.4 is 10.5 Å². The van der Waals surface area contributed by atoms with E-state index in [1.807, 2.05) is 13.0 Å². The molecule has 0 fully saturated rings. The first-order chi connectivity index (χ1) is 9.80. The first kappa shape index (κ1) is 15.9. The van der Waals surface area contributed by atoms with Crippen molar-refractivity contribution in [2.24, 2.45) is 5.14 Å². The highest BCUT2D eigenvalue weighted by Crippen LogP contribution is 2.22. The monoisotopic (exact) mass is 416 g/mol. The number of primary sulfonamides is 1. The third-order valence-electron chi connectivity index (χ3n) is 2.88. The van der Waals surface area contributed by atoms with Gasteiger partial charge in [0, 0.05) is 3.57 Å². The van der Waals surface area contributed by atoms with Crippen molar-refractivity contribution in [3.63, 3.8) is 0 Å². The highest BCUT2D eigenvalue weighted by atomic mass is 127. The van der Waals surface area contributed by atoms with Gasteiger partial charge in [-0.1, -0.05) is 24.3 Å². The first-order valence-electron chi connectivity index (χ1n) is 5.99. The van der Waals surface area contributed by atoms with Crippen LogP contribution in [0.15, 0.2) is 47.4 Å². The van der Waals surface area contributed by atoms with Crippen molar-refractivity contribution in [1.29, 1.82) is 0 Å². The maximum Gasteiger partial charge on any atom is 0.256 e. The first-order valence-corrected chi connectivity index (χ1v) is 8.61. The van der Waals surface area contributed by atoms with Gasteiger partial charge in [-0.2, -0.15) is 0 Å². The van der Waals surface area contributed by atoms with Crippen LogP contribution in [0.3, 0.4) is 0 Å². The lowest BCUT2D eigenvalue weighted by molar-refractivity contribution is 0.102. The van der Waals surface area contributed by atoms with Crippen molar-refractivity contribution < 1.29 is 13.2 Å². The van der Waals surface area contributed by atoms with Crippen LogP contribution in [0.2, 0.25) is 0 Å². The molecule has 5 nitrogen and oxygen atoms in total. The standard InChI is InChI=1S/C14H13IN2O3S/c1-9-5-4-6-10(13(9)15)14(18)17-11-7-2-3-8-12(11)21(16,19)20/h2-8H,1H3,(H,17,18)(H2,16,19,20). The number of carbonyl (C=O) groups excluding carboxylic acids is 1. The van der Waals surface area contributed by atoms with Crippen molar-refractivity contribution in [3.05, 3.63) is 57.2 Å². The van der Waals surface area contributed by atoms with Crippen molar-refractivity contribution in [1.82, 2.24) is 0 Å². The number of hydrogen-bond acceptors (Lipinski definition) is 3. The summed E-state index contributed by atoms with van der Waals surface area (Å²) in [5.41, 5.74) is 1.63. The van der Waals surface area contributed by atoms with E-state index in [2.05, 4.69) is 27.9 Å². The average molecular weight is 416 g/mol. The highest BCUT2D eigenvalue weighted by molar-refractivity contribution is 14.1. The Bertz CT molecular complexity index is 804. The Hall–Kier alpha value is -1.45. The zero-order valence-electron chi connectivity index (χ0n) is 11.1. The molecule has 0 aromatic heterocycles. The molecule has 2 aromatic carbocycles. The summed E-state index contributed by atoms with van der Waals surface area (Å²) in [5, 5.41) is 7.74. The van der Waals surface area contributed by atoms with Crippen LogP contribution >= 0.6 is 22.6 Å². The Kier molecular flexibility index (Phi) is 4.64. The molecule has 21 heavy (non-hydrogen) atoms. The molecule has 2 aromatic rings. The number of nitrogens with two attached hydrogens (primary N) is 1. The molecule has 1 amide bonds. The second kappa shape index (κ2) is 6.12. The molecule has 0 unspecified atom stereocenters. The normalized spacial score (nSPS) is 11.2. The van der Waals surface area contributed by atoms with Crippen LogP contribution in [0.5, 0.6) is 0 Å². The summed E-state index contributed by atoms with van der Waals surface area (Å²) in [7, 11) is -3.90. The van der Waals surface area contributed by atoms with E-state index < -0.39 is 10.0 Å². The van der Waals surface area contributed by atoms with E-state index >= 15 is 0 Å². The summed E-state index contributed by atoms with van der Waals surface area (Å²) < 4.78 is 23.9. The van der Waals surface area contributed by atoms with Gasteiger partial charge in [-0.3, -0.25) is 4.79 Å². The fourth-order valence-corrected chi connectivity index (χ4v) is 3.13. The van der Waals surface area contributed by atoms with E-state index in [4.69, 9.17) is 5.14 Å². The molecule has 0 saturated carbocycles. The van der Waals surface area contributed by atoms with Crippen molar-refractivity contribution >= 4 is 44.2 Å². The van der Waals surface area contributed by atoms with E-state index in [1.54, 1.807) is 24.3 Å². The van der Waals surface area contributed by atoms with E-state index in [0.29, 0.717) is 5.56 Å². The molecular formula is C14H13IN2O3S. The molecule has 0 radical (unpaired) electrons. The molecule has 0 heterocycles. The number of halogens is 1. The van der Waals surface area contributed by atoms with E-state index in [0.717, 1.165) is 9.13 Å². The van der Waals surface area contributed by atoms with Gasteiger partial charge < -0.3 is 5.32 Å². The summed E-state index contributed by atoms with van der Waals surface area (Å²) in [6.45, 7) is 1.90. The third kappa shape index (κ3) is 3.60. The van der Waals surface area contributed by atoms with E-state index in [1.165, 1.54) is 12.1 Å². The van der Waals surface area contributed by atoms with Gasteiger partial charge in [0.2, 0.25) is 10.0 Å². The van der Waals surface area contributed by atoms with Gasteiger partial charge in [0.25, 0.3) is 5.91 Å². The summed E-state index contributed by atoms with van der Waals surface area (Å²) in [5.74, 6) is -0.376. The minimum atomic E-state index is -3.90. The quantitative estimate of drug-likeness (QED) is 0.754. The molecule has 7 heteroatoms. The van der Waals surface area contributed by atoms with Crippen LogP contribution in [0.4, 0.5) is 5.69 Å². The maximum atomic E-state index is 12.3. The average Bonchev–Trinajstić information content (AvgIpc) is 2.41. The maximum absolute atomic E-state index is 12.3. The van der Waals surface area contributed by atoms with E-state index in [-0.39, 0.29) is 16.5 Å². The number of hydrogen-bond donors (Lipinski definition) is 2. The van der Waals surface area contributed by atoms with Gasteiger partial charge >= 0.3 is 0 Å². The summed E-state index contributed by atoms with van der Waals surface area (Å²) in [6.07, 6.45) is 0. The van der Waals surface area contributed by atoms with Gasteiger partial charge in [-0.25, -0.2) is 13.6 Å². The molecule has 0 spiro atoms. The number of anilines is 1. The summed E-state index contributed by atoms with van der Waals surface area (Å²) in [6, 6.07) is 11.4. The van der Waals surface area contributed by atoms with Crippen LogP contribution in [0.25, 0.3) is 0 Å². The lowest BCUT2D eigenvalue weighted by Crippen LogP contribution is -2.19. The van der Waals surface area contributed by atoms with Gasteiger partial charge in [0.05, 0.1) is 11.3 Å². The number of nitrogens with one attached hydrogen (secondary N) is 1. The highest BCUT2D eigenvalue weighted by Gasteiger charge is 2.17. The summed E-state index contributed by atoms with van der Waals surface area (Å²) in [4.78, 5) is 12.2. The number of para-hydroxylation sites is 1. The molecular weight excluding hydrogens is 403 g/mol. The fraction of sp³-hybridized carbons (Fsp3) is 0.0714. The number of aryl methyl sites for hydroxylation is 1. The molecule has 2 rings (SSSR count). The minimum Gasteiger partial charge on any atom is -0.321 e. The second-order valence-corrected chi connectivity index (χ2v) is 7.04. The number of sulfonamides is 1. The minimum absolute atomic E-state index is 0.110. The van der Waals surface area contributed by atoms with Gasteiger partial charge in [-0.05, 0) is 53.3 Å². The Morgan fingerprint density at radius 2 is 1.81 bits per heavy atom. The number of amides is 1. The molecule has 0 bridgehead atoms. The molecule has 0 atom stereocenters. The smallest absolute Gasteiger partial charge is 0.256 e. The van der Waals surface area contributed by atoms with Gasteiger partial charge in [-0.15, -0.1) is 0 Å². The topological polar surface area (TPSA) is 89.3 Å². The van der Waals surface area contributed by atoms with Crippen molar-refractivity contribution in [2.75, 3.05) is 5.32 Å². The number of rotatable bonds is 3. The molecule has 3 N–H and O–H groups in total. The Morgan fingerprint density at radius 1 is 1.14 bits per heavy atom. The zero-order valence-corrected chi connectivity index (χ0v) is 14.1. The van der Waals surface area contributed by atoms with Crippen LogP contribution in [0.1, 0.15) is 15.9 Å². The van der Waals surface area contributed by atoms with E-state index in [9.17, 15) is 13.2 Å². The molecule has 0 aliphatic heterocycles. The Labute approximate surface area is 136 Å². The predicted octanol–water partition coefficient (Wildman–Crippen LogP) is 2.50. The third-order valence-corrected chi connectivity index (χ3v) is 5.28. The van der Waals surface area contributed by atoms with Crippen LogP contribution in [0, 0.1) is 10.5 Å². The van der Waals surface area contributed by atoms with Crippen LogP contribution in [-0.2, 0) is 10.0 Å². The Balaban J connectivity index is 2.40. The lowest BCUT2D eigenvalue weighted by atomic mass is 10.1. The SMILES string of the molecule is Cc1cccc(C(=O)Nc2ccccc2S(N)(=O)=O)c1I. The second-order valence-electron chi connectivity index (χ2n) is 4.43. The lowest BCUT2D eigenvalue weighted by Gasteiger charge is -2.11. The van der Waals surface area contributed by atoms with Crippen molar-refractivity contribution in [2.45, 2.75) is 11.8 Å². The van der Waals surface area contributed by atoms with Gasteiger partial charge in [0.15, 0.2) is 0 Å². The fourth-order valence-electron chi connectivity index (χ4n) is 1.83. The molecule has 110 valence electrons. The van der Waals surface area contributed by atoms with Gasteiger partial charge in [0.1, 0.15) is 4.90 Å². The molecule has 0 aliphatic rings. The molecule has 0 saturated heterocycles. The summed E-state index contributed by atoms with van der Waals surface area (Å²) >= 11 is 2.08. The number of carbonyl (C=O) groups is 1. The zero-order chi connectivity index (χ0) is 15.6. The Morgan fingerprint density at radius 3 is 2.48 bits per heavy atom. The van der Waals surface area contributed by atoms with Crippen molar-refractivity contribution in [3.8, 4) is 0 Å².